The predicted octanol–water partition coefficient (Wildman–Crippen LogP) is 3.69. The molecule has 102 valence electrons. The Morgan fingerprint density at radius 2 is 2.00 bits per heavy atom. The Balaban J connectivity index is 2.06. The number of rotatable bonds is 1. The van der Waals surface area contributed by atoms with Crippen LogP contribution in [0.1, 0.15) is 11.8 Å². The second kappa shape index (κ2) is 5.01. The highest BCUT2D eigenvalue weighted by Crippen LogP contribution is 2.35. The Bertz CT molecular complexity index is 695. The lowest BCUT2D eigenvalue weighted by Gasteiger charge is -2.36. The lowest BCUT2D eigenvalue weighted by Crippen LogP contribution is -2.42. The summed E-state index contributed by atoms with van der Waals surface area (Å²) in [5, 5.41) is 13.8. The number of hydrogen-bond acceptors (Lipinski definition) is 2. The molecule has 0 bridgehead atoms. The SMILES string of the molecule is OC1c2ccccc2NC(=S)N1c1ccc(F)c(Cl)c1. The monoisotopic (exact) mass is 308 g/mol. The topological polar surface area (TPSA) is 35.5 Å². The number of thiocarbonyl (C=S) groups is 1. The molecule has 20 heavy (non-hydrogen) atoms. The molecule has 2 aromatic rings. The minimum atomic E-state index is -0.943. The molecule has 0 spiro atoms. The van der Waals surface area contributed by atoms with Gasteiger partial charge in [-0.05, 0) is 36.5 Å². The Kier molecular flexibility index (Phi) is 3.33. The number of para-hydroxylation sites is 1. The van der Waals surface area contributed by atoms with Crippen LogP contribution in [-0.4, -0.2) is 10.2 Å². The van der Waals surface area contributed by atoms with Crippen LogP contribution in [0, 0.1) is 5.82 Å². The molecular formula is C14H10ClFN2OS. The van der Waals surface area contributed by atoms with Crippen LogP contribution >= 0.6 is 23.8 Å². The molecule has 0 aliphatic carbocycles. The molecule has 3 rings (SSSR count). The normalized spacial score (nSPS) is 17.6. The number of halogens is 2. The quantitative estimate of drug-likeness (QED) is 0.788. The van der Waals surface area contributed by atoms with Crippen LogP contribution in [0.15, 0.2) is 42.5 Å². The van der Waals surface area contributed by atoms with Crippen molar-refractivity contribution in [2.75, 3.05) is 10.2 Å². The predicted molar refractivity (Wildman–Crippen MR) is 81.5 cm³/mol. The Hall–Kier alpha value is -1.69. The fraction of sp³-hybridized carbons (Fsp3) is 0.0714. The van der Waals surface area contributed by atoms with Crippen LogP contribution < -0.4 is 10.2 Å². The zero-order valence-electron chi connectivity index (χ0n) is 10.2. The van der Waals surface area contributed by atoms with Gasteiger partial charge in [-0.15, -0.1) is 0 Å². The summed E-state index contributed by atoms with van der Waals surface area (Å²) in [5.74, 6) is -0.513. The first-order valence-electron chi connectivity index (χ1n) is 5.90. The summed E-state index contributed by atoms with van der Waals surface area (Å²) in [6.07, 6.45) is -0.943. The van der Waals surface area contributed by atoms with Gasteiger partial charge < -0.3 is 10.4 Å². The minimum Gasteiger partial charge on any atom is -0.369 e. The zero-order chi connectivity index (χ0) is 14.3. The van der Waals surface area contributed by atoms with E-state index in [2.05, 4.69) is 5.32 Å². The fourth-order valence-corrected chi connectivity index (χ4v) is 2.64. The van der Waals surface area contributed by atoms with Gasteiger partial charge >= 0.3 is 0 Å². The second-order valence-corrected chi connectivity index (χ2v) is 5.15. The largest absolute Gasteiger partial charge is 0.369 e. The first kappa shape index (κ1) is 13.3. The smallest absolute Gasteiger partial charge is 0.180 e. The van der Waals surface area contributed by atoms with Gasteiger partial charge in [-0.1, -0.05) is 29.8 Å². The highest BCUT2D eigenvalue weighted by Gasteiger charge is 2.29. The number of fused-ring (bicyclic) bond motifs is 1. The molecule has 1 unspecified atom stereocenters. The molecule has 1 aliphatic rings. The van der Waals surface area contributed by atoms with Crippen molar-refractivity contribution < 1.29 is 9.50 Å². The van der Waals surface area contributed by atoms with Gasteiger partial charge in [0, 0.05) is 16.9 Å². The van der Waals surface area contributed by atoms with E-state index in [1.165, 1.54) is 23.1 Å². The number of anilines is 2. The van der Waals surface area contributed by atoms with Gasteiger partial charge in [0.25, 0.3) is 0 Å². The maximum Gasteiger partial charge on any atom is 0.180 e. The third-order valence-corrected chi connectivity index (χ3v) is 3.71. The number of aliphatic hydroxyl groups is 1. The van der Waals surface area contributed by atoms with E-state index in [1.807, 2.05) is 18.2 Å². The summed E-state index contributed by atoms with van der Waals surface area (Å²) in [4.78, 5) is 1.49. The number of aliphatic hydroxyl groups excluding tert-OH is 1. The molecular weight excluding hydrogens is 299 g/mol. The zero-order valence-corrected chi connectivity index (χ0v) is 11.7. The van der Waals surface area contributed by atoms with Crippen molar-refractivity contribution in [3.63, 3.8) is 0 Å². The number of hydrogen-bond donors (Lipinski definition) is 2. The molecule has 2 aromatic carbocycles. The molecule has 3 nitrogen and oxygen atoms in total. The lowest BCUT2D eigenvalue weighted by molar-refractivity contribution is 0.187. The highest BCUT2D eigenvalue weighted by atomic mass is 35.5. The maximum absolute atomic E-state index is 13.2. The summed E-state index contributed by atoms with van der Waals surface area (Å²) in [6.45, 7) is 0. The Morgan fingerprint density at radius 3 is 2.75 bits per heavy atom. The summed E-state index contributed by atoms with van der Waals surface area (Å²) < 4.78 is 13.2. The molecule has 0 aromatic heterocycles. The van der Waals surface area contributed by atoms with E-state index in [0.717, 1.165) is 5.69 Å². The van der Waals surface area contributed by atoms with E-state index >= 15 is 0 Å². The maximum atomic E-state index is 13.2. The van der Waals surface area contributed by atoms with E-state index < -0.39 is 12.0 Å². The molecule has 1 atom stereocenters. The average Bonchev–Trinajstić information content (AvgIpc) is 2.43. The molecule has 0 amide bonds. The van der Waals surface area contributed by atoms with Crippen LogP contribution in [0.25, 0.3) is 0 Å². The molecule has 1 heterocycles. The minimum absolute atomic E-state index is 0.0173. The van der Waals surface area contributed by atoms with E-state index in [0.29, 0.717) is 16.4 Å². The van der Waals surface area contributed by atoms with Gasteiger partial charge in [-0.25, -0.2) is 4.39 Å². The average molecular weight is 309 g/mol. The van der Waals surface area contributed by atoms with Crippen molar-refractivity contribution in [1.29, 1.82) is 0 Å². The Labute approximate surface area is 125 Å². The third-order valence-electron chi connectivity index (χ3n) is 3.13. The van der Waals surface area contributed by atoms with E-state index in [1.54, 1.807) is 6.07 Å². The molecule has 1 aliphatic heterocycles. The van der Waals surface area contributed by atoms with Crippen molar-refractivity contribution in [3.8, 4) is 0 Å². The Morgan fingerprint density at radius 1 is 1.25 bits per heavy atom. The fourth-order valence-electron chi connectivity index (χ4n) is 2.15. The van der Waals surface area contributed by atoms with E-state index in [9.17, 15) is 9.50 Å². The van der Waals surface area contributed by atoms with Gasteiger partial charge in [0.2, 0.25) is 0 Å². The molecule has 0 saturated heterocycles. The summed E-state index contributed by atoms with van der Waals surface area (Å²) >= 11 is 11.0. The van der Waals surface area contributed by atoms with Gasteiger partial charge in [0.1, 0.15) is 5.82 Å². The van der Waals surface area contributed by atoms with Gasteiger partial charge in [0.05, 0.1) is 5.02 Å². The van der Waals surface area contributed by atoms with Crippen LogP contribution in [0.2, 0.25) is 5.02 Å². The van der Waals surface area contributed by atoms with Crippen molar-refractivity contribution in [1.82, 2.24) is 0 Å². The van der Waals surface area contributed by atoms with Crippen molar-refractivity contribution in [3.05, 3.63) is 58.9 Å². The number of benzene rings is 2. The molecule has 0 fully saturated rings. The molecule has 0 radical (unpaired) electrons. The third kappa shape index (κ3) is 2.14. The van der Waals surface area contributed by atoms with Crippen LogP contribution in [0.5, 0.6) is 0 Å². The highest BCUT2D eigenvalue weighted by molar-refractivity contribution is 7.80. The van der Waals surface area contributed by atoms with Gasteiger partial charge in [-0.2, -0.15) is 0 Å². The standard InChI is InChI=1S/C14H10ClFN2OS/c15-10-7-8(5-6-11(10)16)18-13(19)9-3-1-2-4-12(9)17-14(18)20/h1-7,13,19H,(H,17,20). The summed E-state index contributed by atoms with van der Waals surface area (Å²) in [7, 11) is 0. The van der Waals surface area contributed by atoms with Gasteiger partial charge in [-0.3, -0.25) is 4.90 Å². The first-order valence-corrected chi connectivity index (χ1v) is 6.69. The summed E-state index contributed by atoms with van der Waals surface area (Å²) in [5.41, 5.74) is 1.98. The lowest BCUT2D eigenvalue weighted by atomic mass is 10.1. The second-order valence-electron chi connectivity index (χ2n) is 4.36. The van der Waals surface area contributed by atoms with Crippen molar-refractivity contribution >= 4 is 40.3 Å². The molecule has 6 heteroatoms. The number of nitrogens with one attached hydrogen (secondary N) is 1. The molecule has 0 saturated carbocycles. The first-order chi connectivity index (χ1) is 9.58. The van der Waals surface area contributed by atoms with Crippen molar-refractivity contribution in [2.24, 2.45) is 0 Å². The van der Waals surface area contributed by atoms with Crippen LogP contribution in [-0.2, 0) is 0 Å². The van der Waals surface area contributed by atoms with Crippen LogP contribution in [0.4, 0.5) is 15.8 Å². The van der Waals surface area contributed by atoms with Crippen LogP contribution in [0.3, 0.4) is 0 Å². The van der Waals surface area contributed by atoms with Gasteiger partial charge in [0.15, 0.2) is 11.3 Å². The summed E-state index contributed by atoms with van der Waals surface area (Å²) in [6, 6.07) is 11.5. The van der Waals surface area contributed by atoms with E-state index in [-0.39, 0.29) is 5.02 Å². The van der Waals surface area contributed by atoms with E-state index in [4.69, 9.17) is 23.8 Å². The number of nitrogens with zero attached hydrogens (tertiary/aromatic N) is 1. The molecule has 2 N–H and O–H groups in total. The van der Waals surface area contributed by atoms with Crippen molar-refractivity contribution in [2.45, 2.75) is 6.23 Å².